The molecule has 0 bridgehead atoms. The summed E-state index contributed by atoms with van der Waals surface area (Å²) in [4.78, 5) is 14.1. The third kappa shape index (κ3) is 3.45. The number of aromatic nitrogens is 3. The molecule has 8 heteroatoms. The van der Waals surface area contributed by atoms with E-state index in [0.29, 0.717) is 31.9 Å². The van der Waals surface area contributed by atoms with Gasteiger partial charge in [-0.2, -0.15) is 0 Å². The molecule has 1 unspecified atom stereocenters. The molecule has 8 nitrogen and oxygen atoms in total. The summed E-state index contributed by atoms with van der Waals surface area (Å²) >= 11 is 0. The van der Waals surface area contributed by atoms with Crippen LogP contribution in [0.15, 0.2) is 6.20 Å². The van der Waals surface area contributed by atoms with Gasteiger partial charge < -0.3 is 21.1 Å². The van der Waals surface area contributed by atoms with E-state index in [1.165, 1.54) is 0 Å². The second-order valence-corrected chi connectivity index (χ2v) is 6.26. The van der Waals surface area contributed by atoms with E-state index in [1.54, 1.807) is 15.8 Å². The van der Waals surface area contributed by atoms with Crippen molar-refractivity contribution in [2.75, 3.05) is 26.2 Å². The lowest BCUT2D eigenvalue weighted by molar-refractivity contribution is 0.0667. The maximum Gasteiger partial charge on any atom is 0.276 e. The zero-order chi connectivity index (χ0) is 15.5. The number of nitrogens with two attached hydrogens (primary N) is 1. The smallest absolute Gasteiger partial charge is 0.276 e. The van der Waals surface area contributed by atoms with Crippen molar-refractivity contribution >= 4 is 5.91 Å². The van der Waals surface area contributed by atoms with E-state index in [9.17, 15) is 9.90 Å². The predicted molar refractivity (Wildman–Crippen MR) is 80.3 cm³/mol. The molecule has 2 heterocycles. The van der Waals surface area contributed by atoms with E-state index >= 15 is 0 Å². The minimum absolute atomic E-state index is 0.165. The van der Waals surface area contributed by atoms with Gasteiger partial charge in [0.15, 0.2) is 5.69 Å². The first kappa shape index (κ1) is 15.4. The van der Waals surface area contributed by atoms with E-state index in [2.05, 4.69) is 15.6 Å². The summed E-state index contributed by atoms with van der Waals surface area (Å²) in [5.41, 5.74) is 6.27. The van der Waals surface area contributed by atoms with E-state index in [0.717, 1.165) is 25.7 Å². The average molecular weight is 308 g/mol. The molecule has 4 N–H and O–H groups in total. The lowest BCUT2D eigenvalue weighted by Gasteiger charge is -2.25. The maximum absolute atomic E-state index is 12.5. The van der Waals surface area contributed by atoms with Crippen LogP contribution in [0.2, 0.25) is 0 Å². The van der Waals surface area contributed by atoms with Gasteiger partial charge in [-0.3, -0.25) is 4.79 Å². The highest BCUT2D eigenvalue weighted by atomic mass is 16.3. The van der Waals surface area contributed by atoms with Crippen molar-refractivity contribution in [2.24, 2.45) is 5.73 Å². The van der Waals surface area contributed by atoms with Crippen LogP contribution in [-0.2, 0) is 0 Å². The Bertz CT molecular complexity index is 511. The summed E-state index contributed by atoms with van der Waals surface area (Å²) in [6, 6.07) is 0.567. The number of carbonyl (C=O) groups excluding carboxylic acids is 1. The Hall–Kier alpha value is -1.51. The number of nitrogens with zero attached hydrogens (tertiary/aromatic N) is 4. The topological polar surface area (TPSA) is 109 Å². The number of amides is 1. The Kier molecular flexibility index (Phi) is 4.70. The highest BCUT2D eigenvalue weighted by molar-refractivity contribution is 5.92. The minimum atomic E-state index is -0.540. The number of rotatable bonds is 2. The molecule has 122 valence electrons. The predicted octanol–water partition coefficient (Wildman–Crippen LogP) is -0.873. The fourth-order valence-electron chi connectivity index (χ4n) is 3.16. The van der Waals surface area contributed by atoms with Crippen LogP contribution in [0.3, 0.4) is 0 Å². The monoisotopic (exact) mass is 308 g/mol. The number of aliphatic hydroxyl groups excluding tert-OH is 1. The van der Waals surface area contributed by atoms with E-state index in [-0.39, 0.29) is 18.0 Å². The van der Waals surface area contributed by atoms with Crippen molar-refractivity contribution in [3.8, 4) is 0 Å². The van der Waals surface area contributed by atoms with Gasteiger partial charge in [-0.05, 0) is 25.7 Å². The maximum atomic E-state index is 12.5. The molecule has 2 fully saturated rings. The molecule has 1 amide bonds. The fraction of sp³-hybridized carbons (Fsp3) is 0.786. The quantitative estimate of drug-likeness (QED) is 0.655. The van der Waals surface area contributed by atoms with Crippen LogP contribution in [0, 0.1) is 0 Å². The Morgan fingerprint density at radius 2 is 2.14 bits per heavy atom. The molecule has 1 aromatic heterocycles. The third-order valence-electron chi connectivity index (χ3n) is 4.50. The second kappa shape index (κ2) is 6.72. The van der Waals surface area contributed by atoms with Crippen LogP contribution in [0.4, 0.5) is 0 Å². The Labute approximate surface area is 129 Å². The van der Waals surface area contributed by atoms with Gasteiger partial charge in [0.1, 0.15) is 0 Å². The van der Waals surface area contributed by atoms with Crippen molar-refractivity contribution < 1.29 is 9.90 Å². The molecular formula is C14H24N6O2. The number of aliphatic hydroxyl groups is 1. The Morgan fingerprint density at radius 3 is 2.91 bits per heavy atom. The highest BCUT2D eigenvalue weighted by Gasteiger charge is 2.26. The van der Waals surface area contributed by atoms with Gasteiger partial charge in [0.2, 0.25) is 0 Å². The van der Waals surface area contributed by atoms with Gasteiger partial charge in [-0.1, -0.05) is 5.21 Å². The summed E-state index contributed by atoms with van der Waals surface area (Å²) in [6.45, 7) is 2.09. The second-order valence-electron chi connectivity index (χ2n) is 6.26. The average Bonchev–Trinajstić information content (AvgIpc) is 2.90. The number of β-amino-alcohol motifs (C(OH)–C–C–N with tert-alkyl or cyclic N) is 1. The fourth-order valence-corrected chi connectivity index (χ4v) is 3.16. The van der Waals surface area contributed by atoms with Crippen LogP contribution in [0.1, 0.15) is 42.2 Å². The van der Waals surface area contributed by atoms with E-state index < -0.39 is 6.10 Å². The molecule has 0 spiro atoms. The van der Waals surface area contributed by atoms with Gasteiger partial charge in [0.05, 0.1) is 18.3 Å². The van der Waals surface area contributed by atoms with Crippen molar-refractivity contribution in [3.63, 3.8) is 0 Å². The van der Waals surface area contributed by atoms with E-state index in [4.69, 9.17) is 5.73 Å². The summed E-state index contributed by atoms with van der Waals surface area (Å²) in [5.74, 6) is -0.165. The minimum Gasteiger partial charge on any atom is -0.390 e. The summed E-state index contributed by atoms with van der Waals surface area (Å²) in [6.07, 6.45) is 5.11. The Balaban J connectivity index is 1.66. The van der Waals surface area contributed by atoms with Crippen LogP contribution in [0.5, 0.6) is 0 Å². The molecule has 2 aliphatic rings. The molecule has 3 rings (SSSR count). The molecule has 0 aromatic carbocycles. The van der Waals surface area contributed by atoms with Crippen LogP contribution in [-0.4, -0.2) is 69.2 Å². The first-order chi connectivity index (χ1) is 10.6. The molecule has 1 aliphatic carbocycles. The molecular weight excluding hydrogens is 284 g/mol. The first-order valence-corrected chi connectivity index (χ1v) is 7.99. The van der Waals surface area contributed by atoms with Crippen molar-refractivity contribution in [1.82, 2.24) is 25.2 Å². The van der Waals surface area contributed by atoms with Crippen molar-refractivity contribution in [3.05, 3.63) is 11.9 Å². The molecule has 22 heavy (non-hydrogen) atoms. The van der Waals surface area contributed by atoms with Crippen LogP contribution < -0.4 is 11.1 Å². The largest absolute Gasteiger partial charge is 0.390 e. The molecule has 1 aliphatic heterocycles. The van der Waals surface area contributed by atoms with Gasteiger partial charge in [0, 0.05) is 32.2 Å². The van der Waals surface area contributed by atoms with Crippen molar-refractivity contribution in [2.45, 2.75) is 43.9 Å². The molecule has 1 aromatic rings. The lowest BCUT2D eigenvalue weighted by atomic mass is 9.92. The van der Waals surface area contributed by atoms with Crippen LogP contribution >= 0.6 is 0 Å². The zero-order valence-corrected chi connectivity index (χ0v) is 12.7. The molecule has 1 saturated carbocycles. The highest BCUT2D eigenvalue weighted by Crippen LogP contribution is 2.26. The Morgan fingerprint density at radius 1 is 1.36 bits per heavy atom. The van der Waals surface area contributed by atoms with Crippen molar-refractivity contribution in [1.29, 1.82) is 0 Å². The van der Waals surface area contributed by atoms with Crippen LogP contribution in [0.25, 0.3) is 0 Å². The summed E-state index contributed by atoms with van der Waals surface area (Å²) in [7, 11) is 0. The normalized spacial score (nSPS) is 30.1. The van der Waals surface area contributed by atoms with Gasteiger partial charge in [-0.25, -0.2) is 4.68 Å². The summed E-state index contributed by atoms with van der Waals surface area (Å²) < 4.78 is 1.80. The number of hydrogen-bond donors (Lipinski definition) is 3. The summed E-state index contributed by atoms with van der Waals surface area (Å²) in [5, 5.41) is 21.0. The van der Waals surface area contributed by atoms with Gasteiger partial charge in [0.25, 0.3) is 5.91 Å². The molecule has 0 radical (unpaired) electrons. The zero-order valence-electron chi connectivity index (χ0n) is 12.7. The van der Waals surface area contributed by atoms with Gasteiger partial charge in [-0.15, -0.1) is 5.10 Å². The van der Waals surface area contributed by atoms with E-state index in [1.807, 2.05) is 0 Å². The number of nitrogens with one attached hydrogen (secondary N) is 1. The number of carbonyl (C=O) groups is 1. The van der Waals surface area contributed by atoms with Gasteiger partial charge >= 0.3 is 0 Å². The lowest BCUT2D eigenvalue weighted by Crippen LogP contribution is -2.37. The number of hydrogen-bond acceptors (Lipinski definition) is 6. The molecule has 1 atom stereocenters. The first-order valence-electron chi connectivity index (χ1n) is 7.99. The third-order valence-corrected chi connectivity index (χ3v) is 4.50. The standard InChI is InChI=1S/C14H24N6O2/c15-10-1-3-11(4-2-10)20-9-13(17-18-20)14(22)19-6-5-16-7-12(21)8-19/h9-12,16,21H,1-8,15H2. The molecule has 1 saturated heterocycles. The SMILES string of the molecule is NC1CCC(n2cc(C(=O)N3CCNCC(O)C3)nn2)CC1.